The van der Waals surface area contributed by atoms with Crippen LogP contribution < -0.4 is 10.9 Å². The molecule has 0 aliphatic carbocycles. The molecule has 7 heteroatoms. The van der Waals surface area contributed by atoms with Crippen LogP contribution in [0.25, 0.3) is 11.0 Å². The van der Waals surface area contributed by atoms with E-state index in [4.69, 9.17) is 20.8 Å². The highest BCUT2D eigenvalue weighted by Gasteiger charge is 2.18. The SMILES string of the molecule is O=C(NC[C@H]1CCCO1)c1cc2ccc(O)cc2oc1=Nc1cccc(Cl)c1. The summed E-state index contributed by atoms with van der Waals surface area (Å²) in [4.78, 5) is 17.3. The van der Waals surface area contributed by atoms with Gasteiger partial charge in [-0.15, -0.1) is 0 Å². The van der Waals surface area contributed by atoms with E-state index in [2.05, 4.69) is 10.3 Å². The van der Waals surface area contributed by atoms with Crippen LogP contribution in [0.1, 0.15) is 23.2 Å². The molecule has 144 valence electrons. The van der Waals surface area contributed by atoms with Crippen molar-refractivity contribution in [3.8, 4) is 5.75 Å². The molecule has 0 saturated carbocycles. The summed E-state index contributed by atoms with van der Waals surface area (Å²) in [6.45, 7) is 1.16. The van der Waals surface area contributed by atoms with E-state index in [1.165, 1.54) is 6.07 Å². The molecule has 1 amide bonds. The zero-order valence-electron chi connectivity index (χ0n) is 15.0. The lowest BCUT2D eigenvalue weighted by Crippen LogP contribution is -2.34. The zero-order chi connectivity index (χ0) is 19.5. The number of nitrogens with one attached hydrogen (secondary N) is 1. The van der Waals surface area contributed by atoms with Gasteiger partial charge in [-0.1, -0.05) is 17.7 Å². The molecule has 0 bridgehead atoms. The van der Waals surface area contributed by atoms with E-state index < -0.39 is 0 Å². The third-order valence-electron chi connectivity index (χ3n) is 4.53. The normalized spacial score (nSPS) is 17.2. The van der Waals surface area contributed by atoms with Gasteiger partial charge in [0.25, 0.3) is 5.91 Å². The number of halogens is 1. The molecule has 6 nitrogen and oxygen atoms in total. The Kier molecular flexibility index (Phi) is 5.32. The summed E-state index contributed by atoms with van der Waals surface area (Å²) in [5.41, 5.74) is 1.43. The summed E-state index contributed by atoms with van der Waals surface area (Å²) in [7, 11) is 0. The second-order valence-corrected chi connectivity index (χ2v) is 7.06. The highest BCUT2D eigenvalue weighted by atomic mass is 35.5. The summed E-state index contributed by atoms with van der Waals surface area (Å²) in [5.74, 6) is -0.226. The number of amides is 1. The van der Waals surface area contributed by atoms with Crippen LogP contribution in [0.3, 0.4) is 0 Å². The number of carbonyl (C=O) groups is 1. The minimum atomic E-state index is -0.296. The molecule has 0 spiro atoms. The van der Waals surface area contributed by atoms with Gasteiger partial charge in [0.2, 0.25) is 5.55 Å². The van der Waals surface area contributed by atoms with Crippen molar-refractivity contribution in [3.05, 3.63) is 64.7 Å². The molecule has 1 fully saturated rings. The monoisotopic (exact) mass is 398 g/mol. The van der Waals surface area contributed by atoms with Gasteiger partial charge in [-0.25, -0.2) is 4.99 Å². The molecule has 1 atom stereocenters. The van der Waals surface area contributed by atoms with Crippen LogP contribution in [0.15, 0.2) is 57.9 Å². The number of phenols is 1. The predicted octanol–water partition coefficient (Wildman–Crippen LogP) is 3.93. The van der Waals surface area contributed by atoms with Crippen LogP contribution in [0, 0.1) is 0 Å². The first-order chi connectivity index (χ1) is 13.6. The Hall–Kier alpha value is -2.83. The number of nitrogens with zero attached hydrogens (tertiary/aromatic N) is 1. The minimum absolute atomic E-state index is 0.0339. The van der Waals surface area contributed by atoms with Crippen molar-refractivity contribution in [2.75, 3.05) is 13.2 Å². The molecule has 28 heavy (non-hydrogen) atoms. The number of ether oxygens (including phenoxy) is 1. The molecular formula is C21H19ClN2O4. The fraction of sp³-hybridized carbons (Fsp3) is 0.238. The van der Waals surface area contributed by atoms with E-state index in [0.717, 1.165) is 19.4 Å². The molecule has 1 saturated heterocycles. The van der Waals surface area contributed by atoms with Gasteiger partial charge in [-0.05, 0) is 49.2 Å². The number of phenolic OH excluding ortho intramolecular Hbond substituents is 1. The maximum Gasteiger partial charge on any atom is 0.256 e. The van der Waals surface area contributed by atoms with Gasteiger partial charge in [-0.3, -0.25) is 4.79 Å². The van der Waals surface area contributed by atoms with E-state index in [9.17, 15) is 9.90 Å². The van der Waals surface area contributed by atoms with E-state index in [0.29, 0.717) is 33.8 Å². The number of hydrogen-bond donors (Lipinski definition) is 2. The number of aromatic hydroxyl groups is 1. The second-order valence-electron chi connectivity index (χ2n) is 6.62. The van der Waals surface area contributed by atoms with Crippen LogP contribution in [0.4, 0.5) is 5.69 Å². The molecule has 0 radical (unpaired) electrons. The summed E-state index contributed by atoms with van der Waals surface area (Å²) < 4.78 is 11.4. The van der Waals surface area contributed by atoms with Crippen molar-refractivity contribution >= 4 is 34.2 Å². The maximum absolute atomic E-state index is 12.8. The summed E-state index contributed by atoms with van der Waals surface area (Å²) in [6.07, 6.45) is 1.97. The topological polar surface area (TPSA) is 84.1 Å². The average Bonchev–Trinajstić information content (AvgIpc) is 3.19. The Morgan fingerprint density at radius 2 is 2.14 bits per heavy atom. The molecule has 1 aliphatic heterocycles. The third-order valence-corrected chi connectivity index (χ3v) is 4.77. The highest BCUT2D eigenvalue weighted by Crippen LogP contribution is 2.21. The number of rotatable bonds is 4. The molecule has 1 aliphatic rings. The van der Waals surface area contributed by atoms with Crippen LogP contribution in [-0.2, 0) is 4.74 Å². The van der Waals surface area contributed by atoms with Crippen molar-refractivity contribution in [1.29, 1.82) is 0 Å². The van der Waals surface area contributed by atoms with Crippen LogP contribution >= 0.6 is 11.6 Å². The molecule has 2 heterocycles. The third kappa shape index (κ3) is 4.18. The van der Waals surface area contributed by atoms with E-state index in [1.807, 2.05) is 0 Å². The zero-order valence-corrected chi connectivity index (χ0v) is 15.8. The number of benzene rings is 2. The molecule has 2 aromatic carbocycles. The Labute approximate surface area is 166 Å². The van der Waals surface area contributed by atoms with Gasteiger partial charge >= 0.3 is 0 Å². The summed E-state index contributed by atoms with van der Waals surface area (Å²) in [6, 6.07) is 13.4. The van der Waals surface area contributed by atoms with Crippen molar-refractivity contribution < 1.29 is 19.1 Å². The van der Waals surface area contributed by atoms with Crippen LogP contribution in [0.5, 0.6) is 5.75 Å². The van der Waals surface area contributed by atoms with Gasteiger partial charge in [-0.2, -0.15) is 0 Å². The fourth-order valence-electron chi connectivity index (χ4n) is 3.12. The van der Waals surface area contributed by atoms with Crippen molar-refractivity contribution in [1.82, 2.24) is 5.32 Å². The Morgan fingerprint density at radius 3 is 2.93 bits per heavy atom. The van der Waals surface area contributed by atoms with E-state index in [-0.39, 0.29) is 23.3 Å². The smallest absolute Gasteiger partial charge is 0.256 e. The summed E-state index contributed by atoms with van der Waals surface area (Å²) >= 11 is 6.03. The van der Waals surface area contributed by atoms with Crippen molar-refractivity contribution in [2.45, 2.75) is 18.9 Å². The van der Waals surface area contributed by atoms with Crippen molar-refractivity contribution in [2.24, 2.45) is 4.99 Å². The molecule has 1 aromatic heterocycles. The maximum atomic E-state index is 12.8. The molecule has 2 N–H and O–H groups in total. The fourth-order valence-corrected chi connectivity index (χ4v) is 3.31. The van der Waals surface area contributed by atoms with Gasteiger partial charge in [0, 0.05) is 29.6 Å². The Morgan fingerprint density at radius 1 is 1.25 bits per heavy atom. The quantitative estimate of drug-likeness (QED) is 0.697. The Bertz CT molecular complexity index is 1090. The number of carbonyl (C=O) groups excluding carboxylic acids is 1. The average molecular weight is 399 g/mol. The van der Waals surface area contributed by atoms with Gasteiger partial charge in [0.15, 0.2) is 0 Å². The molecule has 0 unspecified atom stereocenters. The lowest BCUT2D eigenvalue weighted by atomic mass is 10.1. The highest BCUT2D eigenvalue weighted by molar-refractivity contribution is 6.30. The first-order valence-corrected chi connectivity index (χ1v) is 9.43. The van der Waals surface area contributed by atoms with E-state index >= 15 is 0 Å². The van der Waals surface area contributed by atoms with Gasteiger partial charge in [0.1, 0.15) is 16.9 Å². The first-order valence-electron chi connectivity index (χ1n) is 9.05. The molecular weight excluding hydrogens is 380 g/mol. The van der Waals surface area contributed by atoms with Crippen LogP contribution in [0.2, 0.25) is 5.02 Å². The molecule has 4 rings (SSSR count). The first kappa shape index (κ1) is 18.5. The standard InChI is InChI=1S/C21H19ClN2O4/c22-14-3-1-4-15(10-14)24-21-18(20(26)23-12-17-5-2-8-27-17)9-13-6-7-16(25)11-19(13)28-21/h1,3-4,6-7,9-11,17,25H,2,5,8,12H2,(H,23,26)/t17-/m1/s1. The van der Waals surface area contributed by atoms with Gasteiger partial charge < -0.3 is 19.6 Å². The van der Waals surface area contributed by atoms with Crippen LogP contribution in [-0.4, -0.2) is 30.3 Å². The lowest BCUT2D eigenvalue weighted by molar-refractivity contribution is 0.0854. The van der Waals surface area contributed by atoms with Crippen molar-refractivity contribution in [3.63, 3.8) is 0 Å². The molecule has 3 aromatic rings. The lowest BCUT2D eigenvalue weighted by Gasteiger charge is -2.11. The number of fused-ring (bicyclic) bond motifs is 1. The van der Waals surface area contributed by atoms with Gasteiger partial charge in [0.05, 0.1) is 11.8 Å². The largest absolute Gasteiger partial charge is 0.508 e. The van der Waals surface area contributed by atoms with E-state index in [1.54, 1.807) is 42.5 Å². The predicted molar refractivity (Wildman–Crippen MR) is 106 cm³/mol. The minimum Gasteiger partial charge on any atom is -0.508 e. The number of hydrogen-bond acceptors (Lipinski definition) is 5. The Balaban J connectivity index is 1.76. The summed E-state index contributed by atoms with van der Waals surface area (Å²) in [5, 5.41) is 13.8. The second kappa shape index (κ2) is 8.04.